The number of benzene rings is 2. The molecule has 0 saturated heterocycles. The van der Waals surface area contributed by atoms with Gasteiger partial charge in [0.25, 0.3) is 5.69 Å². The maximum absolute atomic E-state index is 11.4. The van der Waals surface area contributed by atoms with Crippen LogP contribution in [0, 0.1) is 16.0 Å². The first-order valence-electron chi connectivity index (χ1n) is 8.40. The molecular weight excluding hydrogens is 320 g/mol. The molecule has 2 aromatic rings. The molecule has 2 aromatic carbocycles. The third-order valence-corrected chi connectivity index (χ3v) is 4.24. The Hall–Kier alpha value is -2.60. The van der Waals surface area contributed by atoms with Crippen LogP contribution in [0.4, 0.5) is 5.69 Å². The number of nitro groups is 1. The third-order valence-electron chi connectivity index (χ3n) is 4.24. The van der Waals surface area contributed by atoms with Crippen molar-refractivity contribution in [1.29, 1.82) is 0 Å². The summed E-state index contributed by atoms with van der Waals surface area (Å²) in [6.45, 7) is 1.67. The quantitative estimate of drug-likeness (QED) is 0.556. The van der Waals surface area contributed by atoms with Gasteiger partial charge < -0.3 is 14.8 Å². The van der Waals surface area contributed by atoms with Gasteiger partial charge in [-0.05, 0) is 36.9 Å². The molecule has 0 atom stereocenters. The SMILES string of the molecule is COc1cc(CNCC2CC2)c([N+](=O)[O-])cc1OCc1ccccc1. The maximum Gasteiger partial charge on any atom is 0.277 e. The highest BCUT2D eigenvalue weighted by Crippen LogP contribution is 2.35. The van der Waals surface area contributed by atoms with E-state index in [1.54, 1.807) is 6.07 Å². The molecule has 0 aromatic heterocycles. The fourth-order valence-electron chi connectivity index (χ4n) is 2.64. The minimum absolute atomic E-state index is 0.0483. The molecule has 0 spiro atoms. The average Bonchev–Trinajstić information content (AvgIpc) is 3.45. The van der Waals surface area contributed by atoms with Gasteiger partial charge in [0, 0.05) is 12.1 Å². The van der Waals surface area contributed by atoms with Gasteiger partial charge in [0.2, 0.25) is 0 Å². The Kier molecular flexibility index (Phi) is 5.50. The van der Waals surface area contributed by atoms with Crippen LogP contribution in [0.2, 0.25) is 0 Å². The molecule has 1 fully saturated rings. The normalized spacial score (nSPS) is 13.5. The molecule has 1 aliphatic carbocycles. The van der Waals surface area contributed by atoms with Crippen molar-refractivity contribution in [2.75, 3.05) is 13.7 Å². The summed E-state index contributed by atoms with van der Waals surface area (Å²) in [5.74, 6) is 1.60. The molecule has 0 amide bonds. The van der Waals surface area contributed by atoms with Crippen molar-refractivity contribution in [3.05, 3.63) is 63.7 Å². The van der Waals surface area contributed by atoms with Gasteiger partial charge in [-0.2, -0.15) is 0 Å². The molecule has 3 rings (SSSR count). The van der Waals surface area contributed by atoms with Crippen LogP contribution in [0.1, 0.15) is 24.0 Å². The molecule has 6 nitrogen and oxygen atoms in total. The summed E-state index contributed by atoms with van der Waals surface area (Å²) in [5, 5.41) is 14.7. The van der Waals surface area contributed by atoms with Gasteiger partial charge in [-0.25, -0.2) is 0 Å². The summed E-state index contributed by atoms with van der Waals surface area (Å²) in [4.78, 5) is 11.1. The van der Waals surface area contributed by atoms with Crippen LogP contribution in [0.5, 0.6) is 11.5 Å². The Balaban J connectivity index is 1.76. The molecule has 0 bridgehead atoms. The molecule has 0 radical (unpaired) electrons. The van der Waals surface area contributed by atoms with Gasteiger partial charge >= 0.3 is 0 Å². The molecule has 6 heteroatoms. The zero-order valence-electron chi connectivity index (χ0n) is 14.2. The van der Waals surface area contributed by atoms with Crippen molar-refractivity contribution in [1.82, 2.24) is 5.32 Å². The van der Waals surface area contributed by atoms with E-state index >= 15 is 0 Å². The molecule has 1 aliphatic rings. The zero-order chi connectivity index (χ0) is 17.6. The highest BCUT2D eigenvalue weighted by atomic mass is 16.6. The lowest BCUT2D eigenvalue weighted by atomic mass is 10.1. The minimum Gasteiger partial charge on any atom is -0.493 e. The van der Waals surface area contributed by atoms with Crippen molar-refractivity contribution in [2.24, 2.45) is 5.92 Å². The molecule has 25 heavy (non-hydrogen) atoms. The van der Waals surface area contributed by atoms with Crippen LogP contribution in [0.3, 0.4) is 0 Å². The summed E-state index contributed by atoms with van der Waals surface area (Å²) < 4.78 is 11.1. The van der Waals surface area contributed by atoms with Crippen LogP contribution < -0.4 is 14.8 Å². The van der Waals surface area contributed by atoms with Gasteiger partial charge in [0.1, 0.15) is 6.61 Å². The van der Waals surface area contributed by atoms with E-state index in [4.69, 9.17) is 9.47 Å². The monoisotopic (exact) mass is 342 g/mol. The number of nitrogens with one attached hydrogen (secondary N) is 1. The summed E-state index contributed by atoms with van der Waals surface area (Å²) in [6, 6.07) is 12.8. The third kappa shape index (κ3) is 4.70. The first-order chi connectivity index (χ1) is 12.2. The van der Waals surface area contributed by atoms with Crippen molar-refractivity contribution in [3.8, 4) is 11.5 Å². The predicted molar refractivity (Wildman–Crippen MR) is 94.9 cm³/mol. The first kappa shape index (κ1) is 17.2. The Labute approximate surface area is 146 Å². The zero-order valence-corrected chi connectivity index (χ0v) is 14.2. The van der Waals surface area contributed by atoms with Crippen LogP contribution in [-0.2, 0) is 13.2 Å². The maximum atomic E-state index is 11.4. The van der Waals surface area contributed by atoms with E-state index in [-0.39, 0.29) is 10.6 Å². The van der Waals surface area contributed by atoms with E-state index < -0.39 is 0 Å². The molecule has 132 valence electrons. The second-order valence-electron chi connectivity index (χ2n) is 6.24. The Morgan fingerprint density at radius 2 is 1.96 bits per heavy atom. The van der Waals surface area contributed by atoms with Crippen molar-refractivity contribution >= 4 is 5.69 Å². The van der Waals surface area contributed by atoms with Gasteiger partial charge in [0.05, 0.1) is 18.1 Å². The van der Waals surface area contributed by atoms with Crippen molar-refractivity contribution < 1.29 is 14.4 Å². The largest absolute Gasteiger partial charge is 0.493 e. The van der Waals surface area contributed by atoms with Crippen molar-refractivity contribution in [3.63, 3.8) is 0 Å². The molecule has 0 heterocycles. The van der Waals surface area contributed by atoms with E-state index in [0.29, 0.717) is 30.2 Å². The standard InChI is InChI=1S/C19H22N2O4/c1-24-18-9-16(12-20-11-14-7-8-14)17(21(22)23)10-19(18)25-13-15-5-3-2-4-6-15/h2-6,9-10,14,20H,7-8,11-13H2,1H3. The lowest BCUT2D eigenvalue weighted by Gasteiger charge is -2.13. The number of hydrogen-bond acceptors (Lipinski definition) is 5. The van der Waals surface area contributed by atoms with Crippen LogP contribution in [0.15, 0.2) is 42.5 Å². The second-order valence-corrected chi connectivity index (χ2v) is 6.24. The predicted octanol–water partition coefficient (Wildman–Crippen LogP) is 3.68. The Morgan fingerprint density at radius 1 is 1.20 bits per heavy atom. The Bertz CT molecular complexity index is 730. The molecule has 1 N–H and O–H groups in total. The highest BCUT2D eigenvalue weighted by Gasteiger charge is 2.23. The lowest BCUT2D eigenvalue weighted by molar-refractivity contribution is -0.385. The van der Waals surface area contributed by atoms with E-state index in [0.717, 1.165) is 18.0 Å². The highest BCUT2D eigenvalue weighted by molar-refractivity contribution is 5.54. The molecule has 1 saturated carbocycles. The summed E-state index contributed by atoms with van der Waals surface area (Å²) >= 11 is 0. The number of nitrogens with zero attached hydrogens (tertiary/aromatic N) is 1. The number of hydrogen-bond donors (Lipinski definition) is 1. The van der Waals surface area contributed by atoms with Crippen LogP contribution >= 0.6 is 0 Å². The molecule has 0 unspecified atom stereocenters. The fourth-order valence-corrected chi connectivity index (χ4v) is 2.64. The molecular formula is C19H22N2O4. The van der Waals surface area contributed by atoms with Crippen molar-refractivity contribution in [2.45, 2.75) is 26.0 Å². The van der Waals surface area contributed by atoms with Gasteiger partial charge in [-0.3, -0.25) is 10.1 Å². The van der Waals surface area contributed by atoms with Gasteiger partial charge in [-0.1, -0.05) is 30.3 Å². The topological polar surface area (TPSA) is 73.6 Å². The molecule has 0 aliphatic heterocycles. The van der Waals surface area contributed by atoms with Crippen LogP contribution in [-0.4, -0.2) is 18.6 Å². The minimum atomic E-state index is -0.372. The fraction of sp³-hybridized carbons (Fsp3) is 0.368. The number of ether oxygens (including phenoxy) is 2. The number of methoxy groups -OCH3 is 1. The van der Waals surface area contributed by atoms with E-state index in [1.165, 1.54) is 26.0 Å². The lowest BCUT2D eigenvalue weighted by Crippen LogP contribution is -2.17. The van der Waals surface area contributed by atoms with Gasteiger partial charge in [0.15, 0.2) is 11.5 Å². The smallest absolute Gasteiger partial charge is 0.277 e. The summed E-state index contributed by atoms with van der Waals surface area (Å²) in [6.07, 6.45) is 2.48. The Morgan fingerprint density at radius 3 is 2.60 bits per heavy atom. The number of rotatable bonds is 9. The average molecular weight is 342 g/mol. The van der Waals surface area contributed by atoms with Crippen LogP contribution in [0.25, 0.3) is 0 Å². The van der Waals surface area contributed by atoms with E-state index in [2.05, 4.69) is 5.32 Å². The summed E-state index contributed by atoms with van der Waals surface area (Å²) in [7, 11) is 1.54. The second kappa shape index (κ2) is 7.98. The van der Waals surface area contributed by atoms with E-state index in [9.17, 15) is 10.1 Å². The summed E-state index contributed by atoms with van der Waals surface area (Å²) in [5.41, 5.74) is 1.64. The van der Waals surface area contributed by atoms with E-state index in [1.807, 2.05) is 30.3 Å². The first-order valence-corrected chi connectivity index (χ1v) is 8.40. The number of nitro benzene ring substituents is 1. The van der Waals surface area contributed by atoms with Gasteiger partial charge in [-0.15, -0.1) is 0 Å².